The normalized spacial score (nSPS) is 11.1. The van der Waals surface area contributed by atoms with E-state index in [1.54, 1.807) is 42.3 Å². The lowest BCUT2D eigenvalue weighted by molar-refractivity contribution is -0.121. The van der Waals surface area contributed by atoms with Crippen LogP contribution in [0.15, 0.2) is 58.3 Å². The van der Waals surface area contributed by atoms with Crippen LogP contribution < -0.4 is 21.3 Å². The number of hydrogen-bond acceptors (Lipinski definition) is 5. The highest BCUT2D eigenvalue weighted by molar-refractivity contribution is 7.15. The summed E-state index contributed by atoms with van der Waals surface area (Å²) in [6.45, 7) is 0.417. The molecule has 0 unspecified atom stereocenters. The predicted octanol–water partition coefficient (Wildman–Crippen LogP) is 2.09. The first-order chi connectivity index (χ1) is 14.9. The van der Waals surface area contributed by atoms with Gasteiger partial charge in [0.05, 0.1) is 19.0 Å². The average Bonchev–Trinajstić information content (AvgIpc) is 3.42. The number of carbonyl (C=O) groups excluding carboxylic acids is 1. The standard InChI is InChI=1S/C22H22N4O4S/c1-24-20-17(21(28)25(2)22(24)29)10-11-26(20)13-19(27)23-12-16-8-9-18(31-16)14-4-6-15(30-3)7-5-14/h4-11H,12-13H2,1-3H3,(H,23,27). The van der Waals surface area contributed by atoms with E-state index in [1.165, 1.54) is 11.6 Å². The SMILES string of the molecule is COc1ccc(-c2ccc(CNC(=O)Cn3ccc4c(=O)n(C)c(=O)n(C)c43)s2)cc1. The molecule has 0 bridgehead atoms. The van der Waals surface area contributed by atoms with Gasteiger partial charge in [-0.2, -0.15) is 0 Å². The molecule has 3 aromatic heterocycles. The lowest BCUT2D eigenvalue weighted by Gasteiger charge is -2.10. The molecule has 0 aliphatic heterocycles. The van der Waals surface area contributed by atoms with Gasteiger partial charge in [0, 0.05) is 30.0 Å². The van der Waals surface area contributed by atoms with Gasteiger partial charge >= 0.3 is 5.69 Å². The number of nitrogens with one attached hydrogen (secondary N) is 1. The number of thiophene rings is 1. The van der Waals surface area contributed by atoms with Gasteiger partial charge in [-0.3, -0.25) is 18.7 Å². The van der Waals surface area contributed by atoms with Gasteiger partial charge in [0.2, 0.25) is 5.91 Å². The van der Waals surface area contributed by atoms with Crippen LogP contribution in [0.4, 0.5) is 0 Å². The Morgan fingerprint density at radius 1 is 1.03 bits per heavy atom. The molecule has 1 amide bonds. The molecule has 3 heterocycles. The van der Waals surface area contributed by atoms with Gasteiger partial charge in [-0.05, 0) is 48.0 Å². The first kappa shape index (κ1) is 20.7. The van der Waals surface area contributed by atoms with E-state index in [9.17, 15) is 14.4 Å². The van der Waals surface area contributed by atoms with Crippen molar-refractivity contribution in [3.8, 4) is 16.2 Å². The zero-order valence-corrected chi connectivity index (χ0v) is 18.2. The highest BCUT2D eigenvalue weighted by atomic mass is 32.1. The monoisotopic (exact) mass is 438 g/mol. The highest BCUT2D eigenvalue weighted by Crippen LogP contribution is 2.29. The third kappa shape index (κ3) is 3.91. The Morgan fingerprint density at radius 3 is 2.48 bits per heavy atom. The van der Waals surface area contributed by atoms with Gasteiger partial charge in [0.15, 0.2) is 0 Å². The summed E-state index contributed by atoms with van der Waals surface area (Å²) >= 11 is 1.61. The van der Waals surface area contributed by atoms with E-state index in [0.717, 1.165) is 25.6 Å². The van der Waals surface area contributed by atoms with E-state index >= 15 is 0 Å². The molecule has 0 aliphatic carbocycles. The summed E-state index contributed by atoms with van der Waals surface area (Å²) in [6.07, 6.45) is 1.65. The zero-order valence-electron chi connectivity index (χ0n) is 17.4. The van der Waals surface area contributed by atoms with E-state index in [2.05, 4.69) is 5.32 Å². The molecule has 0 saturated heterocycles. The van der Waals surface area contributed by atoms with Crippen LogP contribution in [-0.2, 0) is 32.0 Å². The van der Waals surface area contributed by atoms with E-state index in [4.69, 9.17) is 4.74 Å². The topological polar surface area (TPSA) is 87.3 Å². The quantitative estimate of drug-likeness (QED) is 0.499. The van der Waals surface area contributed by atoms with E-state index < -0.39 is 5.69 Å². The van der Waals surface area contributed by atoms with Crippen LogP contribution in [-0.4, -0.2) is 26.7 Å². The molecule has 0 atom stereocenters. The molecule has 1 aromatic carbocycles. The Kier molecular flexibility index (Phi) is 5.51. The first-order valence-corrected chi connectivity index (χ1v) is 10.5. The van der Waals surface area contributed by atoms with Crippen molar-refractivity contribution in [1.29, 1.82) is 0 Å². The molecular weight excluding hydrogens is 416 g/mol. The zero-order chi connectivity index (χ0) is 22.1. The number of methoxy groups -OCH3 is 1. The van der Waals surface area contributed by atoms with Crippen LogP contribution in [0.25, 0.3) is 21.5 Å². The van der Waals surface area contributed by atoms with Crippen molar-refractivity contribution in [3.05, 3.63) is 74.4 Å². The largest absolute Gasteiger partial charge is 0.497 e. The van der Waals surface area contributed by atoms with Crippen molar-refractivity contribution in [3.63, 3.8) is 0 Å². The second-order valence-electron chi connectivity index (χ2n) is 7.16. The van der Waals surface area contributed by atoms with Crippen LogP contribution in [0, 0.1) is 0 Å². The van der Waals surface area contributed by atoms with Crippen LogP contribution >= 0.6 is 11.3 Å². The number of benzene rings is 1. The average molecular weight is 439 g/mol. The number of rotatable bonds is 6. The van der Waals surface area contributed by atoms with Gasteiger partial charge in [-0.1, -0.05) is 0 Å². The molecule has 0 radical (unpaired) electrons. The number of nitrogens with zero attached hydrogens (tertiary/aromatic N) is 3. The molecule has 4 aromatic rings. The maximum Gasteiger partial charge on any atom is 0.332 e. The number of hydrogen-bond donors (Lipinski definition) is 1. The van der Waals surface area contributed by atoms with E-state index in [0.29, 0.717) is 17.6 Å². The molecule has 0 fully saturated rings. The minimum atomic E-state index is -0.428. The van der Waals surface area contributed by atoms with Crippen molar-refractivity contribution in [2.24, 2.45) is 14.1 Å². The molecule has 0 aliphatic rings. The second-order valence-corrected chi connectivity index (χ2v) is 8.33. The Morgan fingerprint density at radius 2 is 1.77 bits per heavy atom. The third-order valence-electron chi connectivity index (χ3n) is 5.17. The molecule has 0 saturated carbocycles. The van der Waals surface area contributed by atoms with Crippen LogP contribution in [0.5, 0.6) is 5.75 Å². The van der Waals surface area contributed by atoms with Gasteiger partial charge in [0.1, 0.15) is 17.9 Å². The lowest BCUT2D eigenvalue weighted by atomic mass is 10.2. The summed E-state index contributed by atoms with van der Waals surface area (Å²) < 4.78 is 9.24. The van der Waals surface area contributed by atoms with Crippen LogP contribution in [0.2, 0.25) is 0 Å². The van der Waals surface area contributed by atoms with Crippen molar-refractivity contribution in [2.75, 3.05) is 7.11 Å². The van der Waals surface area contributed by atoms with Gasteiger partial charge < -0.3 is 14.6 Å². The fraction of sp³-hybridized carbons (Fsp3) is 0.227. The fourth-order valence-electron chi connectivity index (χ4n) is 3.50. The second kappa shape index (κ2) is 8.27. The van der Waals surface area contributed by atoms with Gasteiger partial charge in [0.25, 0.3) is 5.56 Å². The number of ether oxygens (including phenoxy) is 1. The molecule has 9 heteroatoms. The Hall–Kier alpha value is -3.59. The van der Waals surface area contributed by atoms with Crippen molar-refractivity contribution >= 4 is 28.3 Å². The summed E-state index contributed by atoms with van der Waals surface area (Å²) in [5, 5.41) is 3.31. The fourth-order valence-corrected chi connectivity index (χ4v) is 4.45. The summed E-state index contributed by atoms with van der Waals surface area (Å²) in [7, 11) is 4.66. The number of carbonyl (C=O) groups is 1. The predicted molar refractivity (Wildman–Crippen MR) is 121 cm³/mol. The number of aryl methyl sites for hydroxylation is 1. The van der Waals surface area contributed by atoms with Crippen LogP contribution in [0.1, 0.15) is 4.88 Å². The number of fused-ring (bicyclic) bond motifs is 1. The third-order valence-corrected chi connectivity index (χ3v) is 6.30. The highest BCUT2D eigenvalue weighted by Gasteiger charge is 2.14. The van der Waals surface area contributed by atoms with Crippen LogP contribution in [0.3, 0.4) is 0 Å². The smallest absolute Gasteiger partial charge is 0.332 e. The maximum atomic E-state index is 12.5. The molecule has 31 heavy (non-hydrogen) atoms. The molecular formula is C22H22N4O4S. The summed E-state index contributed by atoms with van der Waals surface area (Å²) in [5.41, 5.74) is 0.718. The van der Waals surface area contributed by atoms with Crippen molar-refractivity contribution in [1.82, 2.24) is 19.0 Å². The van der Waals surface area contributed by atoms with Crippen molar-refractivity contribution in [2.45, 2.75) is 13.1 Å². The molecule has 1 N–H and O–H groups in total. The van der Waals surface area contributed by atoms with Gasteiger partial charge in [-0.25, -0.2) is 4.79 Å². The number of amides is 1. The molecule has 0 spiro atoms. The van der Waals surface area contributed by atoms with Gasteiger partial charge in [-0.15, -0.1) is 11.3 Å². The first-order valence-electron chi connectivity index (χ1n) is 9.63. The Bertz CT molecular complexity index is 1380. The minimum Gasteiger partial charge on any atom is -0.497 e. The molecule has 8 nitrogen and oxygen atoms in total. The number of aromatic nitrogens is 3. The summed E-state index contributed by atoms with van der Waals surface area (Å²) in [5.74, 6) is 0.603. The summed E-state index contributed by atoms with van der Waals surface area (Å²) in [4.78, 5) is 39.2. The Labute approximate surface area is 181 Å². The lowest BCUT2D eigenvalue weighted by Crippen LogP contribution is -2.37. The summed E-state index contributed by atoms with van der Waals surface area (Å²) in [6, 6.07) is 13.5. The van der Waals surface area contributed by atoms with Crippen molar-refractivity contribution < 1.29 is 9.53 Å². The molecule has 4 rings (SSSR count). The Balaban J connectivity index is 1.45. The minimum absolute atomic E-state index is 0.0145. The maximum absolute atomic E-state index is 12.5. The van der Waals surface area contributed by atoms with E-state index in [-0.39, 0.29) is 18.0 Å². The molecule has 160 valence electrons. The van der Waals surface area contributed by atoms with E-state index in [1.807, 2.05) is 36.4 Å².